The number of carbonyl (C=O) groups excluding carboxylic acids is 1. The van der Waals surface area contributed by atoms with Crippen LogP contribution in [0.4, 0.5) is 5.69 Å². The van der Waals surface area contributed by atoms with Gasteiger partial charge in [0.15, 0.2) is 0 Å². The van der Waals surface area contributed by atoms with E-state index in [0.717, 1.165) is 18.4 Å². The standard InChI is InChI=1S/C19H21ClN2O3S/c1-13-6-8-16(26(24,25)22-9-3-4-10-22)12-17(13)19(23)21-15-7-5-14(2)18(20)11-15/h5-8,11-12H,3-4,9-10H2,1-2H3,(H,21,23). The van der Waals surface area contributed by atoms with E-state index >= 15 is 0 Å². The van der Waals surface area contributed by atoms with Crippen LogP contribution in [-0.2, 0) is 10.0 Å². The van der Waals surface area contributed by atoms with Gasteiger partial charge in [0.1, 0.15) is 0 Å². The Kier molecular flexibility index (Phi) is 5.37. The van der Waals surface area contributed by atoms with Crippen LogP contribution < -0.4 is 5.32 Å². The minimum Gasteiger partial charge on any atom is -0.322 e. The van der Waals surface area contributed by atoms with E-state index in [1.54, 1.807) is 31.2 Å². The third kappa shape index (κ3) is 3.77. The molecule has 0 radical (unpaired) electrons. The Balaban J connectivity index is 1.89. The smallest absolute Gasteiger partial charge is 0.255 e. The molecule has 138 valence electrons. The van der Waals surface area contributed by atoms with Crippen molar-refractivity contribution in [3.05, 3.63) is 58.1 Å². The average molecular weight is 393 g/mol. The minimum absolute atomic E-state index is 0.150. The number of hydrogen-bond donors (Lipinski definition) is 1. The molecule has 1 amide bonds. The van der Waals surface area contributed by atoms with Gasteiger partial charge in [0, 0.05) is 29.4 Å². The summed E-state index contributed by atoms with van der Waals surface area (Å²) in [6.07, 6.45) is 1.74. The van der Waals surface area contributed by atoms with E-state index in [2.05, 4.69) is 5.32 Å². The zero-order valence-electron chi connectivity index (χ0n) is 14.8. The molecular formula is C19H21ClN2O3S. The topological polar surface area (TPSA) is 66.5 Å². The van der Waals surface area contributed by atoms with Gasteiger partial charge >= 0.3 is 0 Å². The molecule has 1 aliphatic heterocycles. The number of benzene rings is 2. The second-order valence-electron chi connectivity index (χ2n) is 6.51. The van der Waals surface area contributed by atoms with E-state index in [1.807, 2.05) is 13.0 Å². The molecule has 0 saturated carbocycles. The number of aryl methyl sites for hydroxylation is 2. The number of nitrogens with one attached hydrogen (secondary N) is 1. The molecule has 1 heterocycles. The van der Waals surface area contributed by atoms with E-state index in [0.29, 0.717) is 34.9 Å². The normalized spacial score (nSPS) is 15.2. The molecule has 0 unspecified atom stereocenters. The lowest BCUT2D eigenvalue weighted by Crippen LogP contribution is -2.28. The lowest BCUT2D eigenvalue weighted by atomic mass is 10.1. The summed E-state index contributed by atoms with van der Waals surface area (Å²) in [6.45, 7) is 4.72. The number of rotatable bonds is 4. The minimum atomic E-state index is -3.56. The van der Waals surface area contributed by atoms with E-state index in [9.17, 15) is 13.2 Å². The molecule has 1 fully saturated rings. The maximum absolute atomic E-state index is 12.7. The summed E-state index contributed by atoms with van der Waals surface area (Å²) < 4.78 is 26.9. The number of sulfonamides is 1. The zero-order valence-corrected chi connectivity index (χ0v) is 16.3. The highest BCUT2D eigenvalue weighted by Crippen LogP contribution is 2.24. The van der Waals surface area contributed by atoms with Crippen molar-refractivity contribution in [2.75, 3.05) is 18.4 Å². The number of halogens is 1. The molecule has 0 spiro atoms. The molecule has 0 aromatic heterocycles. The molecule has 7 heteroatoms. The van der Waals surface area contributed by atoms with Gasteiger partial charge in [-0.05, 0) is 62.1 Å². The van der Waals surface area contributed by atoms with Crippen LogP contribution in [0.15, 0.2) is 41.3 Å². The quantitative estimate of drug-likeness (QED) is 0.855. The molecule has 1 N–H and O–H groups in total. The predicted octanol–water partition coefficient (Wildman–Crippen LogP) is 3.99. The third-order valence-electron chi connectivity index (χ3n) is 4.59. The van der Waals surface area contributed by atoms with Gasteiger partial charge in [0.2, 0.25) is 10.0 Å². The highest BCUT2D eigenvalue weighted by Gasteiger charge is 2.28. The van der Waals surface area contributed by atoms with Crippen molar-refractivity contribution in [3.63, 3.8) is 0 Å². The first-order chi connectivity index (χ1) is 12.3. The van der Waals surface area contributed by atoms with Crippen LogP contribution in [0.2, 0.25) is 5.02 Å². The van der Waals surface area contributed by atoms with E-state index in [1.165, 1.54) is 10.4 Å². The number of nitrogens with zero attached hydrogens (tertiary/aromatic N) is 1. The Labute approximate surface area is 159 Å². The van der Waals surface area contributed by atoms with Gasteiger partial charge < -0.3 is 5.32 Å². The summed E-state index contributed by atoms with van der Waals surface area (Å²) in [7, 11) is -3.56. The van der Waals surface area contributed by atoms with Crippen molar-refractivity contribution in [2.45, 2.75) is 31.6 Å². The summed E-state index contributed by atoms with van der Waals surface area (Å²) in [5.74, 6) is -0.360. The van der Waals surface area contributed by atoms with Crippen LogP contribution >= 0.6 is 11.6 Å². The molecule has 5 nitrogen and oxygen atoms in total. The summed E-state index contributed by atoms with van der Waals surface area (Å²) in [5.41, 5.74) is 2.53. The van der Waals surface area contributed by atoms with Gasteiger partial charge in [0.25, 0.3) is 5.91 Å². The van der Waals surface area contributed by atoms with Gasteiger partial charge in [-0.2, -0.15) is 4.31 Å². The van der Waals surface area contributed by atoms with Crippen LogP contribution in [-0.4, -0.2) is 31.7 Å². The Morgan fingerprint density at radius 2 is 1.69 bits per heavy atom. The number of anilines is 1. The fourth-order valence-electron chi connectivity index (χ4n) is 2.95. The van der Waals surface area contributed by atoms with Gasteiger partial charge in [-0.3, -0.25) is 4.79 Å². The van der Waals surface area contributed by atoms with Crippen LogP contribution in [0.1, 0.15) is 34.3 Å². The molecule has 0 atom stereocenters. The van der Waals surface area contributed by atoms with E-state index in [4.69, 9.17) is 11.6 Å². The fraction of sp³-hybridized carbons (Fsp3) is 0.316. The second kappa shape index (κ2) is 7.39. The summed E-state index contributed by atoms with van der Waals surface area (Å²) in [4.78, 5) is 12.8. The molecule has 2 aromatic rings. The third-order valence-corrected chi connectivity index (χ3v) is 6.89. The molecule has 26 heavy (non-hydrogen) atoms. The van der Waals surface area contributed by atoms with Crippen molar-refractivity contribution in [2.24, 2.45) is 0 Å². The zero-order chi connectivity index (χ0) is 18.9. The van der Waals surface area contributed by atoms with Gasteiger partial charge in [-0.1, -0.05) is 23.7 Å². The Hall–Kier alpha value is -1.89. The first-order valence-corrected chi connectivity index (χ1v) is 10.3. The van der Waals surface area contributed by atoms with Crippen molar-refractivity contribution in [1.82, 2.24) is 4.31 Å². The first kappa shape index (κ1) is 18.9. The lowest BCUT2D eigenvalue weighted by molar-refractivity contribution is 0.102. The summed E-state index contributed by atoms with van der Waals surface area (Å²) in [5, 5.41) is 3.34. The maximum atomic E-state index is 12.7. The highest BCUT2D eigenvalue weighted by molar-refractivity contribution is 7.89. The average Bonchev–Trinajstić information content (AvgIpc) is 3.13. The fourth-order valence-corrected chi connectivity index (χ4v) is 4.68. The van der Waals surface area contributed by atoms with Crippen molar-refractivity contribution >= 4 is 33.2 Å². The van der Waals surface area contributed by atoms with Crippen LogP contribution in [0.5, 0.6) is 0 Å². The monoisotopic (exact) mass is 392 g/mol. The number of hydrogen-bond acceptors (Lipinski definition) is 3. The summed E-state index contributed by atoms with van der Waals surface area (Å²) >= 11 is 6.10. The second-order valence-corrected chi connectivity index (χ2v) is 8.85. The van der Waals surface area contributed by atoms with Crippen molar-refractivity contribution in [3.8, 4) is 0 Å². The Morgan fingerprint density at radius 3 is 2.35 bits per heavy atom. The van der Waals surface area contributed by atoms with Gasteiger partial charge in [-0.25, -0.2) is 8.42 Å². The molecular weight excluding hydrogens is 372 g/mol. The highest BCUT2D eigenvalue weighted by atomic mass is 35.5. The molecule has 0 aliphatic carbocycles. The van der Waals surface area contributed by atoms with Crippen LogP contribution in [0.25, 0.3) is 0 Å². The van der Waals surface area contributed by atoms with E-state index in [-0.39, 0.29) is 10.8 Å². The van der Waals surface area contributed by atoms with Crippen LogP contribution in [0, 0.1) is 13.8 Å². The molecule has 1 aliphatic rings. The molecule has 1 saturated heterocycles. The Bertz CT molecular complexity index is 951. The molecule has 0 bridgehead atoms. The van der Waals surface area contributed by atoms with Gasteiger partial charge in [0.05, 0.1) is 4.90 Å². The predicted molar refractivity (Wildman–Crippen MR) is 103 cm³/mol. The SMILES string of the molecule is Cc1ccc(NC(=O)c2cc(S(=O)(=O)N3CCCC3)ccc2C)cc1Cl. The van der Waals surface area contributed by atoms with Crippen molar-refractivity contribution < 1.29 is 13.2 Å². The van der Waals surface area contributed by atoms with Gasteiger partial charge in [-0.15, -0.1) is 0 Å². The van der Waals surface area contributed by atoms with E-state index < -0.39 is 10.0 Å². The Morgan fingerprint density at radius 1 is 1.04 bits per heavy atom. The number of carbonyl (C=O) groups is 1. The summed E-state index contributed by atoms with van der Waals surface area (Å²) in [6, 6.07) is 9.93. The largest absolute Gasteiger partial charge is 0.322 e. The maximum Gasteiger partial charge on any atom is 0.255 e. The molecule has 3 rings (SSSR count). The van der Waals surface area contributed by atoms with Crippen molar-refractivity contribution in [1.29, 1.82) is 0 Å². The van der Waals surface area contributed by atoms with Crippen LogP contribution in [0.3, 0.4) is 0 Å². The number of amides is 1. The first-order valence-electron chi connectivity index (χ1n) is 8.47. The molecule has 2 aromatic carbocycles. The lowest BCUT2D eigenvalue weighted by Gasteiger charge is -2.17.